The van der Waals surface area contributed by atoms with Gasteiger partial charge in [-0.15, -0.1) is 0 Å². The van der Waals surface area contributed by atoms with Gasteiger partial charge in [0.1, 0.15) is 17.0 Å². The molecular weight excluding hydrogens is 386 g/mol. The smallest absolute Gasteiger partial charge is 0.324 e. The van der Waals surface area contributed by atoms with Gasteiger partial charge in [-0.25, -0.2) is 0 Å². The number of nitrogens with two attached hydrogens (primary N) is 1. The van der Waals surface area contributed by atoms with Crippen molar-refractivity contribution in [2.75, 3.05) is 0 Å². The normalized spacial score (nSPS) is 17.8. The second kappa shape index (κ2) is 7.56. The minimum absolute atomic E-state index is 0.307. The number of benzene rings is 4. The van der Waals surface area contributed by atoms with Crippen LogP contribution >= 0.6 is 0 Å². The van der Waals surface area contributed by atoms with E-state index >= 15 is 0 Å². The maximum Gasteiger partial charge on any atom is 0.324 e. The molecule has 0 fully saturated rings. The second-order valence-corrected chi connectivity index (χ2v) is 8.23. The molecule has 5 rings (SSSR count). The standard InChI is InChI=1S/C27H23NO3/c28-27(26(29)30)14-13-19-11-12-23(16-22(19)17-27)31-25-8-4-3-7-24(25)21-10-9-18-5-1-2-6-20(18)15-21/h1-12,15-16H,13-14,17,28H2,(H,29,30). The Bertz CT molecular complexity index is 1300. The lowest BCUT2D eigenvalue weighted by Crippen LogP contribution is -2.52. The van der Waals surface area contributed by atoms with Gasteiger partial charge in [0.05, 0.1) is 0 Å². The number of rotatable bonds is 4. The van der Waals surface area contributed by atoms with Gasteiger partial charge in [0.25, 0.3) is 0 Å². The van der Waals surface area contributed by atoms with E-state index in [9.17, 15) is 9.90 Å². The van der Waals surface area contributed by atoms with E-state index in [1.807, 2.05) is 54.6 Å². The average Bonchev–Trinajstić information content (AvgIpc) is 2.79. The molecule has 0 radical (unpaired) electrons. The molecule has 3 N–H and O–H groups in total. The predicted octanol–water partition coefficient (Wildman–Crippen LogP) is 5.57. The average molecular weight is 409 g/mol. The van der Waals surface area contributed by atoms with Crippen LogP contribution in [0, 0.1) is 0 Å². The van der Waals surface area contributed by atoms with Crippen LogP contribution in [0.15, 0.2) is 84.9 Å². The van der Waals surface area contributed by atoms with Crippen LogP contribution in [0.25, 0.3) is 21.9 Å². The van der Waals surface area contributed by atoms with Crippen LogP contribution in [-0.2, 0) is 17.6 Å². The van der Waals surface area contributed by atoms with Crippen LogP contribution in [0.2, 0.25) is 0 Å². The number of para-hydroxylation sites is 1. The van der Waals surface area contributed by atoms with E-state index in [1.54, 1.807) is 0 Å². The number of hydrogen-bond acceptors (Lipinski definition) is 3. The molecule has 0 aromatic heterocycles. The summed E-state index contributed by atoms with van der Waals surface area (Å²) < 4.78 is 6.28. The Morgan fingerprint density at radius 1 is 0.871 bits per heavy atom. The first-order chi connectivity index (χ1) is 15.0. The first-order valence-corrected chi connectivity index (χ1v) is 10.4. The molecule has 1 unspecified atom stereocenters. The maximum absolute atomic E-state index is 11.6. The molecule has 154 valence electrons. The Kier molecular flexibility index (Phi) is 4.72. The van der Waals surface area contributed by atoms with Crippen LogP contribution in [0.3, 0.4) is 0 Å². The van der Waals surface area contributed by atoms with Gasteiger partial charge in [-0.05, 0) is 64.6 Å². The third-order valence-electron chi connectivity index (χ3n) is 6.13. The summed E-state index contributed by atoms with van der Waals surface area (Å²) in [5.74, 6) is 0.485. The zero-order valence-corrected chi connectivity index (χ0v) is 17.0. The molecule has 0 amide bonds. The highest BCUT2D eigenvalue weighted by molar-refractivity contribution is 5.88. The van der Waals surface area contributed by atoms with Gasteiger partial charge in [0.2, 0.25) is 0 Å². The fraction of sp³-hybridized carbons (Fsp3) is 0.148. The zero-order valence-electron chi connectivity index (χ0n) is 17.0. The molecule has 0 aliphatic heterocycles. The first kappa shape index (κ1) is 19.3. The van der Waals surface area contributed by atoms with Crippen LogP contribution in [0.4, 0.5) is 0 Å². The number of aryl methyl sites for hydroxylation is 1. The van der Waals surface area contributed by atoms with Gasteiger partial charge < -0.3 is 15.6 Å². The highest BCUT2D eigenvalue weighted by Gasteiger charge is 2.37. The van der Waals surface area contributed by atoms with Crippen molar-refractivity contribution in [1.29, 1.82) is 0 Å². The quantitative estimate of drug-likeness (QED) is 0.462. The van der Waals surface area contributed by atoms with Crippen LogP contribution in [0.1, 0.15) is 17.5 Å². The molecule has 0 bridgehead atoms. The van der Waals surface area contributed by atoms with E-state index in [4.69, 9.17) is 10.5 Å². The SMILES string of the molecule is NC1(C(=O)O)CCc2ccc(Oc3ccccc3-c3ccc4ccccc4c3)cc2C1. The highest BCUT2D eigenvalue weighted by Crippen LogP contribution is 2.36. The van der Waals surface area contributed by atoms with E-state index in [2.05, 4.69) is 30.3 Å². The van der Waals surface area contributed by atoms with Gasteiger partial charge in [-0.3, -0.25) is 4.79 Å². The Hall–Kier alpha value is -3.63. The van der Waals surface area contributed by atoms with Gasteiger partial charge >= 0.3 is 5.97 Å². The van der Waals surface area contributed by atoms with Crippen molar-refractivity contribution < 1.29 is 14.6 Å². The second-order valence-electron chi connectivity index (χ2n) is 8.23. The molecule has 0 saturated heterocycles. The predicted molar refractivity (Wildman–Crippen MR) is 122 cm³/mol. The molecule has 0 spiro atoms. The van der Waals surface area contributed by atoms with Crippen molar-refractivity contribution in [3.8, 4) is 22.6 Å². The summed E-state index contributed by atoms with van der Waals surface area (Å²) in [6.45, 7) is 0. The fourth-order valence-corrected chi connectivity index (χ4v) is 4.32. The van der Waals surface area contributed by atoms with Gasteiger partial charge in [0, 0.05) is 12.0 Å². The topological polar surface area (TPSA) is 72.6 Å². The van der Waals surface area contributed by atoms with Crippen molar-refractivity contribution in [3.05, 3.63) is 96.1 Å². The molecule has 4 nitrogen and oxygen atoms in total. The minimum Gasteiger partial charge on any atom is -0.480 e. The molecule has 1 aliphatic rings. The minimum atomic E-state index is -1.21. The number of hydrogen-bond donors (Lipinski definition) is 2. The van der Waals surface area contributed by atoms with Crippen LogP contribution in [0.5, 0.6) is 11.5 Å². The van der Waals surface area contributed by atoms with Crippen molar-refractivity contribution >= 4 is 16.7 Å². The van der Waals surface area contributed by atoms with Crippen molar-refractivity contribution in [1.82, 2.24) is 0 Å². The lowest BCUT2D eigenvalue weighted by Gasteiger charge is -2.31. The summed E-state index contributed by atoms with van der Waals surface area (Å²) in [6.07, 6.45) is 1.41. The molecular formula is C27H23NO3. The summed E-state index contributed by atoms with van der Waals surface area (Å²) in [7, 11) is 0. The first-order valence-electron chi connectivity index (χ1n) is 10.4. The Morgan fingerprint density at radius 3 is 2.48 bits per heavy atom. The van der Waals surface area contributed by atoms with E-state index < -0.39 is 11.5 Å². The monoisotopic (exact) mass is 409 g/mol. The Balaban J connectivity index is 1.48. The summed E-state index contributed by atoms with van der Waals surface area (Å²) >= 11 is 0. The van der Waals surface area contributed by atoms with Crippen molar-refractivity contribution in [3.63, 3.8) is 0 Å². The molecule has 0 saturated carbocycles. The Labute approximate surface area is 180 Å². The number of ether oxygens (including phenoxy) is 1. The number of carboxylic acids is 1. The summed E-state index contributed by atoms with van der Waals surface area (Å²) in [5, 5.41) is 11.9. The molecule has 31 heavy (non-hydrogen) atoms. The van der Waals surface area contributed by atoms with Crippen LogP contribution in [-0.4, -0.2) is 16.6 Å². The number of carbonyl (C=O) groups is 1. The molecule has 1 aliphatic carbocycles. The van der Waals surface area contributed by atoms with Crippen molar-refractivity contribution in [2.24, 2.45) is 5.73 Å². The Morgan fingerprint density at radius 2 is 1.65 bits per heavy atom. The molecule has 4 heteroatoms. The third kappa shape index (κ3) is 3.66. The van der Waals surface area contributed by atoms with Gasteiger partial charge in [-0.2, -0.15) is 0 Å². The number of aliphatic carboxylic acids is 1. The van der Waals surface area contributed by atoms with Gasteiger partial charge in [-0.1, -0.05) is 60.7 Å². The summed E-state index contributed by atoms with van der Waals surface area (Å²) in [6, 6.07) is 28.5. The number of fused-ring (bicyclic) bond motifs is 2. The van der Waals surface area contributed by atoms with E-state index in [0.717, 1.165) is 28.0 Å². The maximum atomic E-state index is 11.6. The van der Waals surface area contributed by atoms with Crippen LogP contribution < -0.4 is 10.5 Å². The molecule has 4 aromatic rings. The number of carboxylic acid groups (broad SMARTS) is 1. The van der Waals surface area contributed by atoms with E-state index in [-0.39, 0.29) is 0 Å². The lowest BCUT2D eigenvalue weighted by atomic mass is 9.78. The lowest BCUT2D eigenvalue weighted by molar-refractivity contribution is -0.143. The molecule has 0 heterocycles. The fourth-order valence-electron chi connectivity index (χ4n) is 4.32. The van der Waals surface area contributed by atoms with E-state index in [1.165, 1.54) is 10.8 Å². The summed E-state index contributed by atoms with van der Waals surface area (Å²) in [5.41, 5.74) is 9.08. The summed E-state index contributed by atoms with van der Waals surface area (Å²) in [4.78, 5) is 11.6. The highest BCUT2D eigenvalue weighted by atomic mass is 16.5. The largest absolute Gasteiger partial charge is 0.480 e. The zero-order chi connectivity index (χ0) is 21.4. The van der Waals surface area contributed by atoms with Gasteiger partial charge in [0.15, 0.2) is 0 Å². The molecule has 1 atom stereocenters. The van der Waals surface area contributed by atoms with Crippen molar-refractivity contribution in [2.45, 2.75) is 24.8 Å². The van der Waals surface area contributed by atoms with E-state index in [0.29, 0.717) is 25.0 Å². The third-order valence-corrected chi connectivity index (χ3v) is 6.13. The molecule has 4 aromatic carbocycles.